The summed E-state index contributed by atoms with van der Waals surface area (Å²) in [6, 6.07) is 11.3. The van der Waals surface area contributed by atoms with Crippen molar-refractivity contribution in [3.8, 4) is 5.75 Å². The molecule has 0 radical (unpaired) electrons. The molecule has 0 aliphatic rings. The minimum absolute atomic E-state index is 0.0508. The Kier molecular flexibility index (Phi) is 7.37. The summed E-state index contributed by atoms with van der Waals surface area (Å²) in [4.78, 5) is 25.2. The van der Waals surface area contributed by atoms with Gasteiger partial charge in [-0.2, -0.15) is 0 Å². The van der Waals surface area contributed by atoms with Gasteiger partial charge in [-0.05, 0) is 28.5 Å². The summed E-state index contributed by atoms with van der Waals surface area (Å²) in [5.41, 5.74) is 0.780. The lowest BCUT2D eigenvalue weighted by Gasteiger charge is -2.20. The van der Waals surface area contributed by atoms with Crippen molar-refractivity contribution >= 4 is 22.6 Å². The van der Waals surface area contributed by atoms with E-state index in [2.05, 4.69) is 0 Å². The molecule has 1 amide bonds. The maximum atomic E-state index is 12.0. The monoisotopic (exact) mass is 361 g/mol. The van der Waals surface area contributed by atoms with Crippen molar-refractivity contribution in [3.63, 3.8) is 0 Å². The first-order valence-electron chi connectivity index (χ1n) is 8.29. The van der Waals surface area contributed by atoms with E-state index < -0.39 is 18.5 Å². The molecule has 2 rings (SSSR count). The number of rotatable bonds is 9. The molecule has 2 aromatic carbocycles. The Morgan fingerprint density at radius 2 is 1.65 bits per heavy atom. The number of methoxy groups -OCH3 is 1. The van der Waals surface area contributed by atoms with Crippen LogP contribution in [0.1, 0.15) is 5.56 Å². The normalized spacial score (nSPS) is 10.6. The first-order valence-corrected chi connectivity index (χ1v) is 8.29. The quantitative estimate of drug-likeness (QED) is 0.640. The van der Waals surface area contributed by atoms with Gasteiger partial charge in [-0.3, -0.25) is 9.59 Å². The van der Waals surface area contributed by atoms with Gasteiger partial charge >= 0.3 is 5.97 Å². The molecule has 0 heterocycles. The highest BCUT2D eigenvalue weighted by Crippen LogP contribution is 2.22. The Morgan fingerprint density at radius 1 is 1.00 bits per heavy atom. The highest BCUT2D eigenvalue weighted by atomic mass is 16.5. The molecule has 0 aliphatic heterocycles. The van der Waals surface area contributed by atoms with E-state index in [1.807, 2.05) is 36.4 Å². The first kappa shape index (κ1) is 19.7. The van der Waals surface area contributed by atoms with Crippen LogP contribution in [0.5, 0.6) is 5.75 Å². The molecule has 26 heavy (non-hydrogen) atoms. The lowest BCUT2D eigenvalue weighted by Crippen LogP contribution is -2.38. The van der Waals surface area contributed by atoms with Crippen molar-refractivity contribution in [2.45, 2.75) is 6.42 Å². The SMILES string of the molecule is COc1ccc2cc(CC(=O)OCC(=O)N(CCO)CCO)ccc2c1. The smallest absolute Gasteiger partial charge is 0.310 e. The van der Waals surface area contributed by atoms with Crippen LogP contribution < -0.4 is 4.74 Å². The Balaban J connectivity index is 1.92. The Hall–Kier alpha value is -2.64. The van der Waals surface area contributed by atoms with Crippen molar-refractivity contribution in [1.29, 1.82) is 0 Å². The molecule has 0 saturated heterocycles. The Bertz CT molecular complexity index is 755. The molecule has 0 atom stereocenters. The van der Waals surface area contributed by atoms with Gasteiger partial charge in [0.2, 0.25) is 0 Å². The van der Waals surface area contributed by atoms with Crippen LogP contribution in [0.15, 0.2) is 36.4 Å². The number of hydrogen-bond donors (Lipinski definition) is 2. The number of carbonyl (C=O) groups is 2. The van der Waals surface area contributed by atoms with Crippen molar-refractivity contribution < 1.29 is 29.3 Å². The number of esters is 1. The number of carbonyl (C=O) groups excluding carboxylic acids is 2. The molecular formula is C19H23NO6. The van der Waals surface area contributed by atoms with Crippen molar-refractivity contribution in [3.05, 3.63) is 42.0 Å². The van der Waals surface area contributed by atoms with Gasteiger partial charge in [0.15, 0.2) is 6.61 Å². The molecule has 7 heteroatoms. The molecule has 0 saturated carbocycles. The zero-order valence-electron chi connectivity index (χ0n) is 14.7. The number of ether oxygens (including phenoxy) is 2. The van der Waals surface area contributed by atoms with Crippen LogP contribution >= 0.6 is 0 Å². The second-order valence-corrected chi connectivity index (χ2v) is 5.71. The van der Waals surface area contributed by atoms with E-state index in [1.54, 1.807) is 7.11 Å². The summed E-state index contributed by atoms with van der Waals surface area (Å²) >= 11 is 0. The largest absolute Gasteiger partial charge is 0.497 e. The third kappa shape index (κ3) is 5.44. The summed E-state index contributed by atoms with van der Waals surface area (Å²) in [6.45, 7) is -0.678. The van der Waals surface area contributed by atoms with Gasteiger partial charge in [0.05, 0.1) is 26.7 Å². The average Bonchev–Trinajstić information content (AvgIpc) is 2.65. The molecule has 2 aromatic rings. The van der Waals surface area contributed by atoms with Crippen LogP contribution in [-0.4, -0.2) is 67.0 Å². The second-order valence-electron chi connectivity index (χ2n) is 5.71. The molecule has 0 unspecified atom stereocenters. The van der Waals surface area contributed by atoms with Gasteiger partial charge in [-0.1, -0.05) is 24.3 Å². The van der Waals surface area contributed by atoms with E-state index in [0.717, 1.165) is 22.1 Å². The summed E-state index contributed by atoms with van der Waals surface area (Å²) in [6.07, 6.45) is 0.0508. The minimum Gasteiger partial charge on any atom is -0.497 e. The van der Waals surface area contributed by atoms with Crippen LogP contribution in [0.4, 0.5) is 0 Å². The maximum Gasteiger partial charge on any atom is 0.310 e. The fourth-order valence-corrected chi connectivity index (χ4v) is 2.56. The summed E-state index contributed by atoms with van der Waals surface area (Å²) in [5, 5.41) is 19.8. The van der Waals surface area contributed by atoms with E-state index in [9.17, 15) is 9.59 Å². The predicted molar refractivity (Wildman–Crippen MR) is 95.9 cm³/mol. The molecule has 0 aliphatic carbocycles. The Morgan fingerprint density at radius 3 is 2.31 bits per heavy atom. The fourth-order valence-electron chi connectivity index (χ4n) is 2.56. The first-order chi connectivity index (χ1) is 12.6. The van der Waals surface area contributed by atoms with Crippen molar-refractivity contribution in [2.75, 3.05) is 40.0 Å². The molecule has 2 N–H and O–H groups in total. The predicted octanol–water partition coefficient (Wildman–Crippen LogP) is 0.747. The molecule has 7 nitrogen and oxygen atoms in total. The molecule has 0 aromatic heterocycles. The van der Waals surface area contributed by atoms with Crippen molar-refractivity contribution in [2.24, 2.45) is 0 Å². The zero-order valence-corrected chi connectivity index (χ0v) is 14.7. The van der Waals surface area contributed by atoms with E-state index >= 15 is 0 Å². The average molecular weight is 361 g/mol. The van der Waals surface area contributed by atoms with Gasteiger partial charge in [-0.25, -0.2) is 0 Å². The number of amides is 1. The third-order valence-electron chi connectivity index (χ3n) is 3.91. The lowest BCUT2D eigenvalue weighted by molar-refractivity contribution is -0.151. The number of aliphatic hydroxyl groups is 2. The number of benzene rings is 2. The summed E-state index contributed by atoms with van der Waals surface area (Å²) in [5.74, 6) is -0.204. The third-order valence-corrected chi connectivity index (χ3v) is 3.91. The second kappa shape index (κ2) is 9.74. The van der Waals surface area contributed by atoms with Gasteiger partial charge in [-0.15, -0.1) is 0 Å². The van der Waals surface area contributed by atoms with Crippen molar-refractivity contribution in [1.82, 2.24) is 4.90 Å². The molecular weight excluding hydrogens is 338 g/mol. The number of hydrogen-bond acceptors (Lipinski definition) is 6. The van der Waals surface area contributed by atoms with Crippen LogP contribution in [0.25, 0.3) is 10.8 Å². The molecule has 140 valence electrons. The number of nitrogens with zero attached hydrogens (tertiary/aromatic N) is 1. The van der Waals surface area contributed by atoms with Gasteiger partial charge < -0.3 is 24.6 Å². The highest BCUT2D eigenvalue weighted by molar-refractivity contribution is 5.86. The zero-order chi connectivity index (χ0) is 18.9. The van der Waals surface area contributed by atoms with E-state index in [1.165, 1.54) is 4.90 Å². The van der Waals surface area contributed by atoms with E-state index in [0.29, 0.717) is 0 Å². The topological polar surface area (TPSA) is 96.3 Å². The highest BCUT2D eigenvalue weighted by Gasteiger charge is 2.15. The maximum absolute atomic E-state index is 12.0. The van der Waals surface area contributed by atoms with Crippen LogP contribution in [0, 0.1) is 0 Å². The van der Waals surface area contributed by atoms with Gasteiger partial charge in [0.1, 0.15) is 5.75 Å². The molecule has 0 fully saturated rings. The standard InChI is InChI=1S/C19H23NO6/c1-25-17-5-4-15-10-14(2-3-16(15)12-17)11-19(24)26-13-18(23)20(6-8-21)7-9-22/h2-5,10,12,21-22H,6-9,11,13H2,1H3. The van der Waals surface area contributed by atoms with E-state index in [-0.39, 0.29) is 32.7 Å². The summed E-state index contributed by atoms with van der Waals surface area (Å²) in [7, 11) is 1.61. The van der Waals surface area contributed by atoms with Crippen LogP contribution in [0.3, 0.4) is 0 Å². The number of aliphatic hydroxyl groups excluding tert-OH is 2. The van der Waals surface area contributed by atoms with Crippen LogP contribution in [0.2, 0.25) is 0 Å². The van der Waals surface area contributed by atoms with Crippen LogP contribution in [-0.2, 0) is 20.7 Å². The lowest BCUT2D eigenvalue weighted by atomic mass is 10.0. The number of fused-ring (bicyclic) bond motifs is 1. The van der Waals surface area contributed by atoms with E-state index in [4.69, 9.17) is 19.7 Å². The fraction of sp³-hybridized carbons (Fsp3) is 0.368. The minimum atomic E-state index is -0.515. The summed E-state index contributed by atoms with van der Waals surface area (Å²) < 4.78 is 10.2. The molecule has 0 bridgehead atoms. The Labute approximate surface area is 151 Å². The van der Waals surface area contributed by atoms with Gasteiger partial charge in [0, 0.05) is 13.1 Å². The molecule has 0 spiro atoms. The van der Waals surface area contributed by atoms with Gasteiger partial charge in [0.25, 0.3) is 5.91 Å².